The number of alkyl carbamates (subject to hydrolysis) is 1. The van der Waals surface area contributed by atoms with Gasteiger partial charge in [-0.05, 0) is 34.1 Å². The second-order valence-corrected chi connectivity index (χ2v) is 9.54. The summed E-state index contributed by atoms with van der Waals surface area (Å²) in [7, 11) is 0. The van der Waals surface area contributed by atoms with E-state index in [9.17, 15) is 4.79 Å². The molecule has 0 fully saturated rings. The quantitative estimate of drug-likeness (QED) is 0.201. The van der Waals surface area contributed by atoms with E-state index in [0.717, 1.165) is 42.6 Å². The number of guanidine groups is 1. The van der Waals surface area contributed by atoms with E-state index in [2.05, 4.69) is 47.1 Å². The van der Waals surface area contributed by atoms with Crippen LogP contribution >= 0.6 is 35.3 Å². The Morgan fingerprint density at radius 2 is 1.83 bits per heavy atom. The first kappa shape index (κ1) is 27.9. The largest absolute Gasteiger partial charge is 0.444 e. The lowest BCUT2D eigenvalue weighted by atomic mass is 9.93. The molecule has 0 saturated heterocycles. The number of nitrogens with zero attached hydrogens (tertiary/aromatic N) is 2. The van der Waals surface area contributed by atoms with Gasteiger partial charge in [0, 0.05) is 43.4 Å². The molecule has 1 aromatic rings. The highest BCUT2D eigenvalue weighted by Gasteiger charge is 2.17. The Bertz CT molecular complexity index is 636. The van der Waals surface area contributed by atoms with Gasteiger partial charge in [-0.25, -0.2) is 9.78 Å². The van der Waals surface area contributed by atoms with Crippen LogP contribution in [0.4, 0.5) is 4.79 Å². The summed E-state index contributed by atoms with van der Waals surface area (Å²) in [6, 6.07) is 0. The molecule has 0 aliphatic rings. The number of halogens is 1. The van der Waals surface area contributed by atoms with Crippen LogP contribution in [0.15, 0.2) is 10.4 Å². The Morgan fingerprint density at radius 1 is 1.14 bits per heavy atom. The molecule has 29 heavy (non-hydrogen) atoms. The van der Waals surface area contributed by atoms with Gasteiger partial charge in [0.25, 0.3) is 0 Å². The molecule has 0 bridgehead atoms. The van der Waals surface area contributed by atoms with Gasteiger partial charge in [-0.1, -0.05) is 20.8 Å². The molecule has 0 saturated carbocycles. The summed E-state index contributed by atoms with van der Waals surface area (Å²) in [4.78, 5) is 20.9. The van der Waals surface area contributed by atoms with Crippen molar-refractivity contribution < 1.29 is 9.53 Å². The minimum atomic E-state index is -0.477. The number of nitrogens with one attached hydrogen (secondary N) is 3. The fraction of sp³-hybridized carbons (Fsp3) is 0.750. The van der Waals surface area contributed by atoms with Crippen LogP contribution < -0.4 is 16.0 Å². The predicted octanol–water partition coefficient (Wildman–Crippen LogP) is 4.07. The first-order chi connectivity index (χ1) is 13.0. The Balaban J connectivity index is 0.00000784. The van der Waals surface area contributed by atoms with Gasteiger partial charge in [-0.2, -0.15) is 0 Å². The van der Waals surface area contributed by atoms with Crippen molar-refractivity contribution in [2.45, 2.75) is 72.3 Å². The summed E-state index contributed by atoms with van der Waals surface area (Å²) in [6.45, 7) is 16.9. The van der Waals surface area contributed by atoms with Crippen molar-refractivity contribution in [2.24, 2.45) is 4.99 Å². The van der Waals surface area contributed by atoms with Crippen molar-refractivity contribution in [1.82, 2.24) is 20.9 Å². The molecular formula is C20H38IN5O2S. The highest BCUT2D eigenvalue weighted by molar-refractivity contribution is 14.0. The summed E-state index contributed by atoms with van der Waals surface area (Å²) < 4.78 is 5.21. The van der Waals surface area contributed by atoms with E-state index in [1.54, 1.807) is 11.3 Å². The lowest BCUT2D eigenvalue weighted by Gasteiger charge is -2.19. The van der Waals surface area contributed by atoms with Crippen molar-refractivity contribution in [3.8, 4) is 0 Å². The topological polar surface area (TPSA) is 87.6 Å². The molecule has 168 valence electrons. The Kier molecular flexibility index (Phi) is 12.7. The maximum Gasteiger partial charge on any atom is 0.407 e. The number of carbonyl (C=O) groups excluding carboxylic acids is 1. The minimum absolute atomic E-state index is 0. The third-order valence-corrected chi connectivity index (χ3v) is 4.48. The molecule has 0 spiro atoms. The molecule has 0 aliphatic heterocycles. The number of aliphatic imine (C=N–C) groups is 1. The van der Waals surface area contributed by atoms with Gasteiger partial charge in [0.15, 0.2) is 5.96 Å². The van der Waals surface area contributed by atoms with Crippen molar-refractivity contribution in [1.29, 1.82) is 0 Å². The van der Waals surface area contributed by atoms with E-state index < -0.39 is 5.60 Å². The molecule has 0 radical (unpaired) electrons. The van der Waals surface area contributed by atoms with Crippen LogP contribution in [0.3, 0.4) is 0 Å². The normalized spacial score (nSPS) is 12.2. The molecule has 0 aliphatic carbocycles. The molecule has 1 aromatic heterocycles. The molecule has 1 amide bonds. The van der Waals surface area contributed by atoms with Crippen LogP contribution in [0.25, 0.3) is 0 Å². The van der Waals surface area contributed by atoms with Crippen molar-refractivity contribution in [3.63, 3.8) is 0 Å². The fourth-order valence-electron chi connectivity index (χ4n) is 2.17. The van der Waals surface area contributed by atoms with E-state index >= 15 is 0 Å². The third-order valence-electron chi connectivity index (χ3n) is 3.57. The lowest BCUT2D eigenvalue weighted by Crippen LogP contribution is -2.38. The molecular weight excluding hydrogens is 501 g/mol. The highest BCUT2D eigenvalue weighted by atomic mass is 127. The Hall–Kier alpha value is -1.10. The average molecular weight is 540 g/mol. The predicted molar refractivity (Wildman–Crippen MR) is 133 cm³/mol. The monoisotopic (exact) mass is 539 g/mol. The zero-order valence-corrected chi connectivity index (χ0v) is 22.0. The Labute approximate surface area is 196 Å². The second kappa shape index (κ2) is 13.3. The first-order valence-corrected chi connectivity index (χ1v) is 10.8. The van der Waals surface area contributed by atoms with Gasteiger partial charge in [-0.15, -0.1) is 35.3 Å². The van der Waals surface area contributed by atoms with Crippen molar-refractivity contribution >= 4 is 47.4 Å². The minimum Gasteiger partial charge on any atom is -0.444 e. The maximum atomic E-state index is 11.6. The second-order valence-electron chi connectivity index (χ2n) is 8.60. The molecule has 1 heterocycles. The number of ether oxygens (including phenoxy) is 1. The smallest absolute Gasteiger partial charge is 0.407 e. The van der Waals surface area contributed by atoms with Gasteiger partial charge in [0.1, 0.15) is 5.60 Å². The fourth-order valence-corrected chi connectivity index (χ4v) is 3.20. The number of hydrogen-bond acceptors (Lipinski definition) is 5. The van der Waals surface area contributed by atoms with Gasteiger partial charge in [-0.3, -0.25) is 4.99 Å². The lowest BCUT2D eigenvalue weighted by molar-refractivity contribution is 0.0527. The molecule has 0 unspecified atom stereocenters. The first-order valence-electron chi connectivity index (χ1n) is 9.95. The number of amides is 1. The molecule has 0 atom stereocenters. The van der Waals surface area contributed by atoms with Crippen LogP contribution in [0, 0.1) is 0 Å². The highest BCUT2D eigenvalue weighted by Crippen LogP contribution is 2.23. The van der Waals surface area contributed by atoms with E-state index in [1.807, 2.05) is 27.7 Å². The molecule has 0 aromatic carbocycles. The summed E-state index contributed by atoms with van der Waals surface area (Å²) in [5.41, 5.74) is 0.756. The van der Waals surface area contributed by atoms with Gasteiger partial charge >= 0.3 is 6.09 Å². The van der Waals surface area contributed by atoms with Crippen LogP contribution in [-0.2, 0) is 16.6 Å². The summed E-state index contributed by atoms with van der Waals surface area (Å²) in [5.74, 6) is 0.785. The number of rotatable bonds is 8. The maximum absolute atomic E-state index is 11.6. The molecule has 9 heteroatoms. The summed E-state index contributed by atoms with van der Waals surface area (Å²) in [5, 5.41) is 12.6. The van der Waals surface area contributed by atoms with E-state index in [0.29, 0.717) is 13.1 Å². The van der Waals surface area contributed by atoms with Crippen LogP contribution in [0.2, 0.25) is 0 Å². The van der Waals surface area contributed by atoms with E-state index in [4.69, 9.17) is 9.72 Å². The number of aromatic nitrogens is 1. The van der Waals surface area contributed by atoms with Gasteiger partial charge < -0.3 is 20.7 Å². The standard InChI is InChI=1S/C20H37N5O2S.HI/c1-8-21-17(22-11-9-12-24-18(26)27-20(5,6)7)23-13-10-16-25-15(14-28-16)19(2,3)4;/h14H,8-13H2,1-7H3,(H,24,26)(H2,21,22,23);1H. The van der Waals surface area contributed by atoms with Crippen molar-refractivity contribution in [3.05, 3.63) is 16.1 Å². The van der Waals surface area contributed by atoms with Crippen LogP contribution in [0.5, 0.6) is 0 Å². The van der Waals surface area contributed by atoms with Crippen LogP contribution in [-0.4, -0.2) is 48.8 Å². The summed E-state index contributed by atoms with van der Waals surface area (Å²) in [6.07, 6.45) is 1.22. The molecule has 7 nitrogen and oxygen atoms in total. The van der Waals surface area contributed by atoms with E-state index in [-0.39, 0.29) is 35.5 Å². The van der Waals surface area contributed by atoms with Gasteiger partial charge in [0.05, 0.1) is 10.7 Å². The van der Waals surface area contributed by atoms with E-state index in [1.165, 1.54) is 0 Å². The average Bonchev–Trinajstić information content (AvgIpc) is 3.02. The number of hydrogen-bond donors (Lipinski definition) is 3. The number of thiazole rings is 1. The molecule has 3 N–H and O–H groups in total. The SMILES string of the molecule is CCNC(=NCCCNC(=O)OC(C)(C)C)NCCc1nc(C(C)(C)C)cs1.I. The number of carbonyl (C=O) groups is 1. The van der Waals surface area contributed by atoms with Crippen molar-refractivity contribution in [2.75, 3.05) is 26.2 Å². The zero-order valence-electron chi connectivity index (χ0n) is 18.8. The molecule has 1 rings (SSSR count). The third kappa shape index (κ3) is 12.9. The van der Waals surface area contributed by atoms with Crippen LogP contribution in [0.1, 0.15) is 65.6 Å². The van der Waals surface area contributed by atoms with Gasteiger partial charge in [0.2, 0.25) is 0 Å². The zero-order chi connectivity index (χ0) is 21.2. The summed E-state index contributed by atoms with van der Waals surface area (Å²) >= 11 is 1.71. The Morgan fingerprint density at radius 3 is 2.38 bits per heavy atom.